The van der Waals surface area contributed by atoms with Crippen LogP contribution < -0.4 is 16.0 Å². The lowest BCUT2D eigenvalue weighted by molar-refractivity contribution is 0.102. The fourth-order valence-electron chi connectivity index (χ4n) is 2.26. The Kier molecular flexibility index (Phi) is 5.60. The van der Waals surface area contributed by atoms with Crippen molar-refractivity contribution in [2.75, 3.05) is 10.6 Å². The molecule has 0 aliphatic heterocycles. The number of anilines is 2. The fraction of sp³-hybridized carbons (Fsp3) is 0.0526. The quantitative estimate of drug-likeness (QED) is 0.621. The lowest BCUT2D eigenvalue weighted by atomic mass is 10.2. The van der Waals surface area contributed by atoms with Crippen molar-refractivity contribution < 1.29 is 14.0 Å². The summed E-state index contributed by atoms with van der Waals surface area (Å²) in [4.78, 5) is 25.3. The highest BCUT2D eigenvalue weighted by molar-refractivity contribution is 7.09. The molecule has 3 amide bonds. The van der Waals surface area contributed by atoms with Crippen LogP contribution in [-0.4, -0.2) is 11.9 Å². The average molecular weight is 369 g/mol. The van der Waals surface area contributed by atoms with Crippen molar-refractivity contribution in [2.24, 2.45) is 0 Å². The Morgan fingerprint density at radius 3 is 2.42 bits per heavy atom. The maximum Gasteiger partial charge on any atom is 0.319 e. The van der Waals surface area contributed by atoms with Crippen LogP contribution in [0.4, 0.5) is 20.6 Å². The molecule has 1 aromatic heterocycles. The van der Waals surface area contributed by atoms with Gasteiger partial charge in [-0.05, 0) is 47.8 Å². The molecular weight excluding hydrogens is 353 g/mol. The molecule has 0 bridgehead atoms. The molecule has 0 saturated heterocycles. The number of carbonyl (C=O) groups excluding carboxylic acids is 2. The molecule has 0 aliphatic carbocycles. The van der Waals surface area contributed by atoms with Crippen LogP contribution in [0.1, 0.15) is 15.2 Å². The van der Waals surface area contributed by atoms with E-state index in [4.69, 9.17) is 0 Å². The zero-order chi connectivity index (χ0) is 18.4. The van der Waals surface area contributed by atoms with Gasteiger partial charge in [0.1, 0.15) is 5.82 Å². The summed E-state index contributed by atoms with van der Waals surface area (Å²) >= 11 is 1.56. The van der Waals surface area contributed by atoms with Crippen LogP contribution in [0.2, 0.25) is 0 Å². The van der Waals surface area contributed by atoms with Gasteiger partial charge in [0, 0.05) is 21.8 Å². The highest BCUT2D eigenvalue weighted by Gasteiger charge is 2.09. The first-order chi connectivity index (χ1) is 12.6. The van der Waals surface area contributed by atoms with Crippen LogP contribution in [0.15, 0.2) is 66.0 Å². The number of hydrogen-bond donors (Lipinski definition) is 3. The van der Waals surface area contributed by atoms with Gasteiger partial charge in [0.25, 0.3) is 5.91 Å². The first kappa shape index (κ1) is 17.6. The average Bonchev–Trinajstić information content (AvgIpc) is 3.14. The van der Waals surface area contributed by atoms with E-state index >= 15 is 0 Å². The Morgan fingerprint density at radius 1 is 0.923 bits per heavy atom. The summed E-state index contributed by atoms with van der Waals surface area (Å²) in [6.45, 7) is 0.434. The van der Waals surface area contributed by atoms with Gasteiger partial charge in [0.2, 0.25) is 0 Å². The molecule has 3 aromatic rings. The molecule has 0 aliphatic rings. The topological polar surface area (TPSA) is 70.2 Å². The van der Waals surface area contributed by atoms with Gasteiger partial charge in [0.05, 0.1) is 6.54 Å². The van der Waals surface area contributed by atoms with Crippen molar-refractivity contribution in [1.82, 2.24) is 5.32 Å². The number of urea groups is 1. The fourth-order valence-corrected chi connectivity index (χ4v) is 2.91. The van der Waals surface area contributed by atoms with E-state index in [2.05, 4.69) is 16.0 Å². The van der Waals surface area contributed by atoms with E-state index < -0.39 is 11.7 Å². The summed E-state index contributed by atoms with van der Waals surface area (Å²) in [5.74, 6) is -0.820. The van der Waals surface area contributed by atoms with E-state index in [0.717, 1.165) is 4.88 Å². The van der Waals surface area contributed by atoms with Gasteiger partial charge in [-0.3, -0.25) is 4.79 Å². The van der Waals surface area contributed by atoms with E-state index in [1.807, 2.05) is 17.5 Å². The van der Waals surface area contributed by atoms with Crippen molar-refractivity contribution >= 4 is 34.6 Å². The third-order valence-corrected chi connectivity index (χ3v) is 4.34. The minimum atomic E-state index is -0.430. The molecule has 2 aromatic carbocycles. The largest absolute Gasteiger partial charge is 0.333 e. The van der Waals surface area contributed by atoms with Gasteiger partial charge in [-0.15, -0.1) is 11.3 Å². The number of rotatable bonds is 5. The molecule has 26 heavy (non-hydrogen) atoms. The summed E-state index contributed by atoms with van der Waals surface area (Å²) in [7, 11) is 0. The molecule has 7 heteroatoms. The van der Waals surface area contributed by atoms with Crippen LogP contribution >= 0.6 is 11.3 Å². The first-order valence-corrected chi connectivity index (χ1v) is 8.72. The molecule has 1 heterocycles. The molecule has 0 fully saturated rings. The third kappa shape index (κ3) is 4.90. The Labute approximate surface area is 153 Å². The molecule has 0 atom stereocenters. The van der Waals surface area contributed by atoms with Gasteiger partial charge in [-0.2, -0.15) is 0 Å². The minimum absolute atomic E-state index is 0.352. The first-order valence-electron chi connectivity index (χ1n) is 7.84. The van der Waals surface area contributed by atoms with E-state index in [1.54, 1.807) is 41.7 Å². The second kappa shape index (κ2) is 8.26. The van der Waals surface area contributed by atoms with Gasteiger partial charge < -0.3 is 16.0 Å². The van der Waals surface area contributed by atoms with Crippen molar-refractivity contribution in [3.63, 3.8) is 0 Å². The number of carbonyl (C=O) groups is 2. The second-order valence-electron chi connectivity index (χ2n) is 5.43. The maximum absolute atomic E-state index is 13.2. The van der Waals surface area contributed by atoms with Gasteiger partial charge in [-0.1, -0.05) is 18.2 Å². The molecule has 0 spiro atoms. The van der Waals surface area contributed by atoms with Gasteiger partial charge >= 0.3 is 6.03 Å². The molecular formula is C19H16FN3O2S. The summed E-state index contributed by atoms with van der Waals surface area (Å²) < 4.78 is 13.2. The van der Waals surface area contributed by atoms with Gasteiger partial charge in [0.15, 0.2) is 0 Å². The number of benzene rings is 2. The van der Waals surface area contributed by atoms with Crippen LogP contribution in [0.5, 0.6) is 0 Å². The molecule has 132 valence electrons. The highest BCUT2D eigenvalue weighted by atomic mass is 32.1. The number of halogens is 1. The van der Waals surface area contributed by atoms with Crippen LogP contribution in [0.25, 0.3) is 0 Å². The Bertz CT molecular complexity index is 913. The van der Waals surface area contributed by atoms with Crippen LogP contribution in [0.3, 0.4) is 0 Å². The SMILES string of the molecule is O=C(NCc1cccs1)Nc1cccc(C(=O)Nc2cccc(F)c2)c1. The molecule has 0 saturated carbocycles. The monoisotopic (exact) mass is 369 g/mol. The minimum Gasteiger partial charge on any atom is -0.333 e. The number of amides is 3. The number of thiophene rings is 1. The summed E-state index contributed by atoms with van der Waals surface area (Å²) in [6.07, 6.45) is 0. The maximum atomic E-state index is 13.2. The lowest BCUT2D eigenvalue weighted by Gasteiger charge is -2.09. The zero-order valence-corrected chi connectivity index (χ0v) is 14.5. The van der Waals surface area contributed by atoms with E-state index in [0.29, 0.717) is 23.5 Å². The standard InChI is InChI=1S/C19H16FN3O2S/c20-14-5-2-7-16(11-14)22-18(24)13-4-1-6-15(10-13)23-19(25)21-12-17-8-3-9-26-17/h1-11H,12H2,(H,22,24)(H2,21,23,25). The Morgan fingerprint density at radius 2 is 1.69 bits per heavy atom. The third-order valence-electron chi connectivity index (χ3n) is 3.47. The highest BCUT2D eigenvalue weighted by Crippen LogP contribution is 2.15. The summed E-state index contributed by atoms with van der Waals surface area (Å²) in [5.41, 5.74) is 1.20. The van der Waals surface area contributed by atoms with E-state index in [9.17, 15) is 14.0 Å². The molecule has 0 unspecified atom stereocenters. The second-order valence-corrected chi connectivity index (χ2v) is 6.46. The van der Waals surface area contributed by atoms with Crippen molar-refractivity contribution in [3.8, 4) is 0 Å². The Hall–Kier alpha value is -3.19. The zero-order valence-electron chi connectivity index (χ0n) is 13.7. The lowest BCUT2D eigenvalue weighted by Crippen LogP contribution is -2.28. The predicted molar refractivity (Wildman–Crippen MR) is 101 cm³/mol. The molecule has 3 N–H and O–H groups in total. The van der Waals surface area contributed by atoms with Crippen LogP contribution in [-0.2, 0) is 6.54 Å². The molecule has 0 radical (unpaired) electrons. The van der Waals surface area contributed by atoms with Crippen molar-refractivity contribution in [3.05, 3.63) is 82.3 Å². The Balaban J connectivity index is 1.60. The number of hydrogen-bond acceptors (Lipinski definition) is 3. The normalized spacial score (nSPS) is 10.2. The predicted octanol–water partition coefficient (Wildman–Crippen LogP) is 4.46. The van der Waals surface area contributed by atoms with Gasteiger partial charge in [-0.25, -0.2) is 9.18 Å². The smallest absolute Gasteiger partial charge is 0.319 e. The molecule has 3 rings (SSSR count). The summed E-state index contributed by atoms with van der Waals surface area (Å²) in [6, 6.07) is 15.7. The van der Waals surface area contributed by atoms with Crippen molar-refractivity contribution in [2.45, 2.75) is 6.54 Å². The van der Waals surface area contributed by atoms with E-state index in [-0.39, 0.29) is 6.03 Å². The van der Waals surface area contributed by atoms with Crippen molar-refractivity contribution in [1.29, 1.82) is 0 Å². The summed E-state index contributed by atoms with van der Waals surface area (Å²) in [5, 5.41) is 9.99. The molecule has 5 nitrogen and oxygen atoms in total. The number of nitrogens with one attached hydrogen (secondary N) is 3. The van der Waals surface area contributed by atoms with E-state index in [1.165, 1.54) is 18.2 Å². The van der Waals surface area contributed by atoms with Crippen LogP contribution in [0, 0.1) is 5.82 Å².